The summed E-state index contributed by atoms with van der Waals surface area (Å²) in [4.78, 5) is 23.3. The Balaban J connectivity index is 1.56. The van der Waals surface area contributed by atoms with Gasteiger partial charge in [0.1, 0.15) is 5.60 Å². The highest BCUT2D eigenvalue weighted by Crippen LogP contribution is 2.32. The maximum absolute atomic E-state index is 11.8. The number of hydrogen-bond acceptors (Lipinski definition) is 6. The molecule has 2 N–H and O–H groups in total. The fourth-order valence-corrected chi connectivity index (χ4v) is 2.69. The molecular weight excluding hydrogens is 344 g/mol. The molecule has 0 unspecified atom stereocenters. The lowest BCUT2D eigenvalue weighted by atomic mass is 10.2. The minimum absolute atomic E-state index is 0.0556. The molecule has 1 heterocycles. The van der Waals surface area contributed by atoms with Crippen LogP contribution in [0.25, 0.3) is 0 Å². The van der Waals surface area contributed by atoms with Gasteiger partial charge in [-0.05, 0) is 38.5 Å². The molecule has 0 radical (unpaired) electrons. The van der Waals surface area contributed by atoms with Gasteiger partial charge in [0, 0.05) is 18.8 Å². The molecule has 0 spiro atoms. The first-order valence-electron chi connectivity index (χ1n) is 8.03. The third-order valence-corrected chi connectivity index (χ3v) is 4.03. The van der Waals surface area contributed by atoms with Gasteiger partial charge < -0.3 is 24.8 Å². The van der Waals surface area contributed by atoms with Gasteiger partial charge in [0.25, 0.3) is 0 Å². The van der Waals surface area contributed by atoms with Crippen molar-refractivity contribution in [1.82, 2.24) is 10.6 Å². The summed E-state index contributed by atoms with van der Waals surface area (Å²) in [5.41, 5.74) is 0.445. The van der Waals surface area contributed by atoms with Crippen molar-refractivity contribution in [1.29, 1.82) is 0 Å². The van der Waals surface area contributed by atoms with Gasteiger partial charge >= 0.3 is 6.09 Å². The van der Waals surface area contributed by atoms with E-state index in [-0.39, 0.29) is 12.7 Å². The van der Waals surface area contributed by atoms with Gasteiger partial charge in [-0.25, -0.2) is 4.79 Å². The van der Waals surface area contributed by atoms with Crippen LogP contribution in [-0.2, 0) is 16.1 Å². The Morgan fingerprint density at radius 3 is 2.72 bits per heavy atom. The van der Waals surface area contributed by atoms with Crippen molar-refractivity contribution in [2.45, 2.75) is 32.9 Å². The minimum atomic E-state index is -0.508. The number of benzene rings is 1. The lowest BCUT2D eigenvalue weighted by molar-refractivity contribution is -0.118. The zero-order valence-corrected chi connectivity index (χ0v) is 15.5. The van der Waals surface area contributed by atoms with Crippen LogP contribution in [0.4, 0.5) is 4.79 Å². The van der Waals surface area contributed by atoms with E-state index in [1.807, 2.05) is 39.0 Å². The van der Waals surface area contributed by atoms with Crippen LogP contribution in [0.1, 0.15) is 26.3 Å². The lowest BCUT2D eigenvalue weighted by Gasteiger charge is -2.19. The zero-order chi connectivity index (χ0) is 18.3. The third kappa shape index (κ3) is 7.13. The minimum Gasteiger partial charge on any atom is -0.454 e. The normalized spacial score (nSPS) is 12.6. The fourth-order valence-electron chi connectivity index (χ4n) is 2.01. The quantitative estimate of drug-likeness (QED) is 0.718. The molecule has 1 aliphatic heterocycles. The van der Waals surface area contributed by atoms with Gasteiger partial charge in [-0.15, -0.1) is 0 Å². The number of carbonyl (C=O) groups excluding carboxylic acids is 2. The molecule has 138 valence electrons. The first kappa shape index (κ1) is 19.2. The van der Waals surface area contributed by atoms with Gasteiger partial charge in [-0.1, -0.05) is 6.07 Å². The molecule has 0 aromatic heterocycles. The van der Waals surface area contributed by atoms with Crippen LogP contribution in [0, 0.1) is 0 Å². The summed E-state index contributed by atoms with van der Waals surface area (Å²) in [5.74, 6) is 2.34. The Morgan fingerprint density at radius 1 is 1.20 bits per heavy atom. The van der Waals surface area contributed by atoms with E-state index in [0.29, 0.717) is 30.3 Å². The highest BCUT2D eigenvalue weighted by molar-refractivity contribution is 7.99. The molecule has 25 heavy (non-hydrogen) atoms. The number of amides is 2. The summed E-state index contributed by atoms with van der Waals surface area (Å²) >= 11 is 1.45. The van der Waals surface area contributed by atoms with Crippen molar-refractivity contribution >= 4 is 23.8 Å². The maximum Gasteiger partial charge on any atom is 0.407 e. The number of ether oxygens (including phenoxy) is 3. The zero-order valence-electron chi connectivity index (χ0n) is 14.7. The molecule has 2 rings (SSSR count). The summed E-state index contributed by atoms with van der Waals surface area (Å²) < 4.78 is 15.7. The third-order valence-electron chi connectivity index (χ3n) is 3.07. The number of thioether (sulfide) groups is 1. The summed E-state index contributed by atoms with van der Waals surface area (Å²) in [6.07, 6.45) is -0.444. The van der Waals surface area contributed by atoms with E-state index in [1.165, 1.54) is 11.8 Å². The van der Waals surface area contributed by atoms with Crippen LogP contribution >= 0.6 is 11.8 Å². The van der Waals surface area contributed by atoms with E-state index in [4.69, 9.17) is 14.2 Å². The van der Waals surface area contributed by atoms with Crippen LogP contribution in [0.5, 0.6) is 11.5 Å². The van der Waals surface area contributed by atoms with E-state index in [9.17, 15) is 9.59 Å². The van der Waals surface area contributed by atoms with Crippen LogP contribution in [0.3, 0.4) is 0 Å². The molecule has 2 amide bonds. The second kappa shape index (κ2) is 8.84. The van der Waals surface area contributed by atoms with Crippen LogP contribution < -0.4 is 20.1 Å². The average Bonchev–Trinajstić information content (AvgIpc) is 2.98. The van der Waals surface area contributed by atoms with Crippen molar-refractivity contribution in [3.63, 3.8) is 0 Å². The van der Waals surface area contributed by atoms with Crippen LogP contribution in [0.15, 0.2) is 18.2 Å². The average molecular weight is 368 g/mol. The Labute approximate surface area is 151 Å². The smallest absolute Gasteiger partial charge is 0.407 e. The first-order valence-corrected chi connectivity index (χ1v) is 9.19. The van der Waals surface area contributed by atoms with Crippen LogP contribution in [-0.4, -0.2) is 42.4 Å². The molecular formula is C17H24N2O5S. The number of rotatable bonds is 7. The molecule has 1 aromatic carbocycles. The second-order valence-corrected chi connectivity index (χ2v) is 7.55. The predicted molar refractivity (Wildman–Crippen MR) is 96.0 cm³/mol. The van der Waals surface area contributed by atoms with Gasteiger partial charge in [0.2, 0.25) is 12.7 Å². The number of nitrogens with one attached hydrogen (secondary N) is 2. The fraction of sp³-hybridized carbons (Fsp3) is 0.529. The Kier molecular flexibility index (Phi) is 6.81. The molecule has 0 saturated heterocycles. The molecule has 0 aliphatic carbocycles. The molecule has 1 aliphatic rings. The topological polar surface area (TPSA) is 85.9 Å². The Morgan fingerprint density at radius 2 is 1.96 bits per heavy atom. The van der Waals surface area contributed by atoms with Crippen molar-refractivity contribution < 1.29 is 23.8 Å². The van der Waals surface area contributed by atoms with E-state index < -0.39 is 11.7 Å². The summed E-state index contributed by atoms with van der Waals surface area (Å²) in [6.45, 7) is 6.56. The number of carbonyl (C=O) groups is 2. The summed E-state index contributed by atoms with van der Waals surface area (Å²) in [6, 6.07) is 5.59. The SMILES string of the molecule is CC(C)(C)OC(=O)NCCSCC(=O)NCc1ccc2c(c1)OCO2. The molecule has 8 heteroatoms. The second-order valence-electron chi connectivity index (χ2n) is 6.45. The standard InChI is InChI=1S/C17H24N2O5S/c1-17(2,3)24-16(21)18-6-7-25-10-15(20)19-9-12-4-5-13-14(8-12)23-11-22-13/h4-5,8H,6-7,9-11H2,1-3H3,(H,18,21)(H,19,20). The van der Waals surface area contributed by atoms with Crippen molar-refractivity contribution in [3.05, 3.63) is 23.8 Å². The first-order chi connectivity index (χ1) is 11.8. The maximum atomic E-state index is 11.8. The molecule has 7 nitrogen and oxygen atoms in total. The van der Waals surface area contributed by atoms with Gasteiger partial charge in [-0.2, -0.15) is 11.8 Å². The highest BCUT2D eigenvalue weighted by Gasteiger charge is 2.15. The van der Waals surface area contributed by atoms with Crippen LogP contribution in [0.2, 0.25) is 0 Å². The van der Waals surface area contributed by atoms with Crippen molar-refractivity contribution in [2.75, 3.05) is 24.8 Å². The lowest BCUT2D eigenvalue weighted by Crippen LogP contribution is -2.33. The van der Waals surface area contributed by atoms with Crippen molar-refractivity contribution in [2.24, 2.45) is 0 Å². The highest BCUT2D eigenvalue weighted by atomic mass is 32.2. The van der Waals surface area contributed by atoms with Gasteiger partial charge in [0.05, 0.1) is 5.75 Å². The van der Waals surface area contributed by atoms with E-state index in [0.717, 1.165) is 11.3 Å². The van der Waals surface area contributed by atoms with E-state index in [1.54, 1.807) is 0 Å². The molecule has 0 saturated carbocycles. The molecule has 0 fully saturated rings. The summed E-state index contributed by atoms with van der Waals surface area (Å²) in [5, 5.41) is 5.51. The summed E-state index contributed by atoms with van der Waals surface area (Å²) in [7, 11) is 0. The Bertz CT molecular complexity index is 616. The van der Waals surface area contributed by atoms with Crippen molar-refractivity contribution in [3.8, 4) is 11.5 Å². The van der Waals surface area contributed by atoms with Gasteiger partial charge in [0.15, 0.2) is 11.5 Å². The predicted octanol–water partition coefficient (Wildman–Crippen LogP) is 2.29. The van der Waals surface area contributed by atoms with E-state index >= 15 is 0 Å². The van der Waals surface area contributed by atoms with Gasteiger partial charge in [-0.3, -0.25) is 4.79 Å². The molecule has 0 atom stereocenters. The number of fused-ring (bicyclic) bond motifs is 1. The Hall–Kier alpha value is -2.09. The number of alkyl carbamates (subject to hydrolysis) is 1. The largest absolute Gasteiger partial charge is 0.454 e. The molecule has 1 aromatic rings. The number of hydrogen-bond donors (Lipinski definition) is 2. The monoisotopic (exact) mass is 368 g/mol. The van der Waals surface area contributed by atoms with E-state index in [2.05, 4.69) is 10.6 Å². The molecule has 0 bridgehead atoms.